The molecule has 0 aliphatic heterocycles. The molecule has 21 heavy (non-hydrogen) atoms. The van der Waals surface area contributed by atoms with E-state index in [9.17, 15) is 4.39 Å². The topological polar surface area (TPSA) is 41.1 Å². The Labute approximate surface area is 125 Å². The molecule has 1 heterocycles. The number of aryl methyl sites for hydroxylation is 1. The van der Waals surface area contributed by atoms with Crippen LogP contribution in [-0.2, 0) is 6.54 Å². The van der Waals surface area contributed by atoms with Crippen LogP contribution in [0.2, 0.25) is 0 Å². The second kappa shape index (κ2) is 7.02. The van der Waals surface area contributed by atoms with E-state index >= 15 is 0 Å². The first kappa shape index (κ1) is 15.2. The summed E-state index contributed by atoms with van der Waals surface area (Å²) in [5.41, 5.74) is 1.91. The predicted molar refractivity (Wildman–Crippen MR) is 84.1 cm³/mol. The second-order valence-electron chi connectivity index (χ2n) is 5.11. The highest BCUT2D eigenvalue weighted by Gasteiger charge is 2.09. The van der Waals surface area contributed by atoms with Gasteiger partial charge in [0.1, 0.15) is 11.6 Å². The molecule has 0 atom stereocenters. The van der Waals surface area contributed by atoms with Crippen LogP contribution in [0.3, 0.4) is 0 Å². The van der Waals surface area contributed by atoms with Crippen LogP contribution in [0.5, 0.6) is 0 Å². The minimum Gasteiger partial charge on any atom is -0.355 e. The Morgan fingerprint density at radius 3 is 2.86 bits per heavy atom. The van der Waals surface area contributed by atoms with Crippen molar-refractivity contribution < 1.29 is 4.39 Å². The molecule has 0 fully saturated rings. The molecule has 0 radical (unpaired) electrons. The van der Waals surface area contributed by atoms with Crippen molar-refractivity contribution in [1.29, 1.82) is 0 Å². The second-order valence-corrected chi connectivity index (χ2v) is 5.11. The van der Waals surface area contributed by atoms with Crippen LogP contribution in [0.4, 0.5) is 16.2 Å². The molecule has 1 aromatic carbocycles. The van der Waals surface area contributed by atoms with Crippen LogP contribution in [0, 0.1) is 12.7 Å². The van der Waals surface area contributed by atoms with Gasteiger partial charge >= 0.3 is 0 Å². The van der Waals surface area contributed by atoms with Crippen molar-refractivity contribution in [3.05, 3.63) is 47.4 Å². The van der Waals surface area contributed by atoms with Gasteiger partial charge in [-0.05, 0) is 31.0 Å². The molecule has 0 saturated carbocycles. The number of benzene rings is 1. The lowest BCUT2D eigenvalue weighted by atomic mass is 10.2. The van der Waals surface area contributed by atoms with Crippen molar-refractivity contribution >= 4 is 11.8 Å². The Morgan fingerprint density at radius 2 is 2.14 bits per heavy atom. The zero-order chi connectivity index (χ0) is 15.2. The zero-order valence-corrected chi connectivity index (χ0v) is 12.7. The predicted octanol–water partition coefficient (Wildman–Crippen LogP) is 3.38. The third-order valence-electron chi connectivity index (χ3n) is 3.15. The molecular weight excluding hydrogens is 267 g/mol. The molecule has 2 aromatic rings. The van der Waals surface area contributed by atoms with E-state index in [-0.39, 0.29) is 5.82 Å². The van der Waals surface area contributed by atoms with Gasteiger partial charge in [0, 0.05) is 31.9 Å². The quantitative estimate of drug-likeness (QED) is 0.884. The number of nitrogens with one attached hydrogen (secondary N) is 1. The molecule has 1 aromatic heterocycles. The van der Waals surface area contributed by atoms with E-state index in [1.54, 1.807) is 12.1 Å². The van der Waals surface area contributed by atoms with Crippen LogP contribution in [-0.4, -0.2) is 23.6 Å². The number of nitrogens with zero attached hydrogens (tertiary/aromatic N) is 3. The standard InChI is InChI=1S/C16H21FN4/c1-4-8-18-16-19-10-12(2)15(20-16)21(3)11-13-6-5-7-14(17)9-13/h5-7,9-10H,4,8,11H2,1-3H3,(H,18,19,20). The Morgan fingerprint density at radius 1 is 1.33 bits per heavy atom. The zero-order valence-electron chi connectivity index (χ0n) is 12.7. The maximum Gasteiger partial charge on any atom is 0.224 e. The Hall–Kier alpha value is -2.17. The maximum atomic E-state index is 13.2. The smallest absolute Gasteiger partial charge is 0.224 e. The van der Waals surface area contributed by atoms with E-state index in [1.807, 2.05) is 31.1 Å². The normalized spacial score (nSPS) is 10.5. The van der Waals surface area contributed by atoms with Gasteiger partial charge in [-0.25, -0.2) is 9.37 Å². The Balaban J connectivity index is 2.15. The Kier molecular flexibility index (Phi) is 5.09. The summed E-state index contributed by atoms with van der Waals surface area (Å²) < 4.78 is 13.2. The fourth-order valence-electron chi connectivity index (χ4n) is 2.13. The third-order valence-corrected chi connectivity index (χ3v) is 3.15. The summed E-state index contributed by atoms with van der Waals surface area (Å²) in [6.07, 6.45) is 2.83. The monoisotopic (exact) mass is 288 g/mol. The molecule has 0 spiro atoms. The summed E-state index contributed by atoms with van der Waals surface area (Å²) in [5.74, 6) is 1.27. The van der Waals surface area contributed by atoms with E-state index in [4.69, 9.17) is 0 Å². The van der Waals surface area contributed by atoms with Crippen molar-refractivity contribution in [3.8, 4) is 0 Å². The van der Waals surface area contributed by atoms with Gasteiger partial charge in [-0.3, -0.25) is 0 Å². The van der Waals surface area contributed by atoms with Gasteiger partial charge in [0.25, 0.3) is 0 Å². The van der Waals surface area contributed by atoms with Gasteiger partial charge in [0.15, 0.2) is 0 Å². The SMILES string of the molecule is CCCNc1ncc(C)c(N(C)Cc2cccc(F)c2)n1. The molecule has 1 N–H and O–H groups in total. The van der Waals surface area contributed by atoms with E-state index in [1.165, 1.54) is 6.07 Å². The van der Waals surface area contributed by atoms with Gasteiger partial charge in [-0.1, -0.05) is 19.1 Å². The minimum absolute atomic E-state index is 0.217. The van der Waals surface area contributed by atoms with Crippen LogP contribution in [0.15, 0.2) is 30.5 Å². The average molecular weight is 288 g/mol. The molecule has 0 amide bonds. The highest BCUT2D eigenvalue weighted by atomic mass is 19.1. The number of aromatic nitrogens is 2. The lowest BCUT2D eigenvalue weighted by Crippen LogP contribution is -2.20. The summed E-state index contributed by atoms with van der Waals surface area (Å²) in [6.45, 7) is 5.51. The third kappa shape index (κ3) is 4.15. The molecule has 0 saturated heterocycles. The molecule has 4 nitrogen and oxygen atoms in total. The van der Waals surface area contributed by atoms with Gasteiger partial charge in [-0.2, -0.15) is 4.98 Å². The summed E-state index contributed by atoms with van der Waals surface area (Å²) in [4.78, 5) is 10.8. The van der Waals surface area contributed by atoms with E-state index < -0.39 is 0 Å². The van der Waals surface area contributed by atoms with E-state index in [0.717, 1.165) is 29.9 Å². The molecule has 0 aliphatic rings. The molecule has 0 bridgehead atoms. The fraction of sp³-hybridized carbons (Fsp3) is 0.375. The fourth-order valence-corrected chi connectivity index (χ4v) is 2.13. The van der Waals surface area contributed by atoms with Gasteiger partial charge in [-0.15, -0.1) is 0 Å². The summed E-state index contributed by atoms with van der Waals surface area (Å²) >= 11 is 0. The molecule has 112 valence electrons. The molecule has 0 aliphatic carbocycles. The van der Waals surface area contributed by atoms with Crippen LogP contribution in [0.25, 0.3) is 0 Å². The first-order valence-corrected chi connectivity index (χ1v) is 7.13. The van der Waals surface area contributed by atoms with Gasteiger partial charge in [0.2, 0.25) is 5.95 Å². The van der Waals surface area contributed by atoms with E-state index in [0.29, 0.717) is 12.5 Å². The first-order valence-electron chi connectivity index (χ1n) is 7.13. The van der Waals surface area contributed by atoms with Crippen molar-refractivity contribution in [2.24, 2.45) is 0 Å². The maximum absolute atomic E-state index is 13.2. The molecule has 2 rings (SSSR count). The number of anilines is 2. The van der Waals surface area contributed by atoms with Crippen LogP contribution >= 0.6 is 0 Å². The van der Waals surface area contributed by atoms with E-state index in [2.05, 4.69) is 22.2 Å². The number of hydrogen-bond acceptors (Lipinski definition) is 4. The Bertz CT molecular complexity index is 601. The number of hydrogen-bond donors (Lipinski definition) is 1. The van der Waals surface area contributed by atoms with Crippen LogP contribution in [0.1, 0.15) is 24.5 Å². The van der Waals surface area contributed by atoms with Crippen molar-refractivity contribution in [1.82, 2.24) is 9.97 Å². The largest absolute Gasteiger partial charge is 0.355 e. The number of halogens is 1. The van der Waals surface area contributed by atoms with Crippen LogP contribution < -0.4 is 10.2 Å². The first-order chi connectivity index (χ1) is 10.1. The lowest BCUT2D eigenvalue weighted by Gasteiger charge is -2.20. The van der Waals surface area contributed by atoms with Crippen molar-refractivity contribution in [3.63, 3.8) is 0 Å². The summed E-state index contributed by atoms with van der Waals surface area (Å²) in [7, 11) is 1.95. The number of rotatable bonds is 6. The highest BCUT2D eigenvalue weighted by Crippen LogP contribution is 2.19. The average Bonchev–Trinajstić information content (AvgIpc) is 2.46. The van der Waals surface area contributed by atoms with Gasteiger partial charge < -0.3 is 10.2 Å². The van der Waals surface area contributed by atoms with Crippen molar-refractivity contribution in [2.45, 2.75) is 26.8 Å². The molecule has 0 unspecified atom stereocenters. The highest BCUT2D eigenvalue weighted by molar-refractivity contribution is 5.48. The summed E-state index contributed by atoms with van der Waals surface area (Å²) in [5, 5.41) is 3.18. The molecular formula is C16H21FN4. The molecule has 5 heteroatoms. The van der Waals surface area contributed by atoms with Crippen molar-refractivity contribution in [2.75, 3.05) is 23.8 Å². The summed E-state index contributed by atoms with van der Waals surface area (Å²) in [6, 6.07) is 6.63. The lowest BCUT2D eigenvalue weighted by molar-refractivity contribution is 0.625. The minimum atomic E-state index is -0.217. The van der Waals surface area contributed by atoms with Gasteiger partial charge in [0.05, 0.1) is 0 Å².